The van der Waals surface area contributed by atoms with Gasteiger partial charge in [-0.3, -0.25) is 4.79 Å². The Morgan fingerprint density at radius 1 is 1.22 bits per heavy atom. The van der Waals surface area contributed by atoms with Gasteiger partial charge in [0, 0.05) is 33.7 Å². The molecule has 1 aromatic heterocycles. The SMILES string of the molecule is Cc1cc(-n2c(C)cc(/C=C(/C#N)C(=O)N3CCOCC3)c2C)ccc1I. The maximum absolute atomic E-state index is 12.7. The van der Waals surface area contributed by atoms with Gasteiger partial charge in [-0.15, -0.1) is 0 Å². The summed E-state index contributed by atoms with van der Waals surface area (Å²) < 4.78 is 8.67. The number of hydrogen-bond donors (Lipinski definition) is 0. The van der Waals surface area contributed by atoms with E-state index in [1.165, 1.54) is 9.13 Å². The Bertz CT molecular complexity index is 947. The molecule has 6 heteroatoms. The molecule has 0 radical (unpaired) electrons. The van der Waals surface area contributed by atoms with Crippen molar-refractivity contribution in [3.8, 4) is 11.8 Å². The quantitative estimate of drug-likeness (QED) is 0.386. The Morgan fingerprint density at radius 2 is 1.93 bits per heavy atom. The fraction of sp³-hybridized carbons (Fsp3) is 0.333. The second kappa shape index (κ2) is 8.28. The molecule has 1 fully saturated rings. The number of hydrogen-bond acceptors (Lipinski definition) is 3. The molecule has 0 unspecified atom stereocenters. The lowest BCUT2D eigenvalue weighted by molar-refractivity contribution is -0.130. The van der Waals surface area contributed by atoms with E-state index in [0.717, 1.165) is 22.6 Å². The summed E-state index contributed by atoms with van der Waals surface area (Å²) in [5, 5.41) is 9.53. The van der Waals surface area contributed by atoms with Gasteiger partial charge in [-0.25, -0.2) is 0 Å². The minimum Gasteiger partial charge on any atom is -0.378 e. The number of rotatable bonds is 3. The fourth-order valence-corrected chi connectivity index (χ4v) is 3.67. The van der Waals surface area contributed by atoms with Crippen LogP contribution in [0.15, 0.2) is 29.8 Å². The van der Waals surface area contributed by atoms with Crippen LogP contribution >= 0.6 is 22.6 Å². The number of amides is 1. The van der Waals surface area contributed by atoms with E-state index in [4.69, 9.17) is 4.74 Å². The van der Waals surface area contributed by atoms with Gasteiger partial charge >= 0.3 is 0 Å². The number of carbonyl (C=O) groups excluding carboxylic acids is 1. The highest BCUT2D eigenvalue weighted by Gasteiger charge is 2.21. The van der Waals surface area contributed by atoms with E-state index in [0.29, 0.717) is 26.3 Å². The Kier molecular flexibility index (Phi) is 6.02. The number of aryl methyl sites for hydroxylation is 2. The van der Waals surface area contributed by atoms with Crippen LogP contribution in [-0.2, 0) is 9.53 Å². The third kappa shape index (κ3) is 4.09. The molecular weight excluding hydrogens is 453 g/mol. The Labute approximate surface area is 173 Å². The normalized spacial score (nSPS) is 14.9. The molecule has 3 rings (SSSR count). The number of benzene rings is 1. The van der Waals surface area contributed by atoms with E-state index in [1.54, 1.807) is 11.0 Å². The van der Waals surface area contributed by atoms with Crippen molar-refractivity contribution in [2.75, 3.05) is 26.3 Å². The lowest BCUT2D eigenvalue weighted by atomic mass is 10.1. The first-order valence-corrected chi connectivity index (χ1v) is 9.94. The van der Waals surface area contributed by atoms with E-state index in [2.05, 4.69) is 58.4 Å². The van der Waals surface area contributed by atoms with Crippen LogP contribution < -0.4 is 0 Å². The minimum atomic E-state index is -0.226. The number of ether oxygens (including phenoxy) is 1. The maximum atomic E-state index is 12.7. The smallest absolute Gasteiger partial charge is 0.264 e. The summed E-state index contributed by atoms with van der Waals surface area (Å²) in [6.45, 7) is 8.23. The van der Waals surface area contributed by atoms with Crippen molar-refractivity contribution < 1.29 is 9.53 Å². The average molecular weight is 475 g/mol. The third-order valence-electron chi connectivity index (χ3n) is 4.82. The Hall–Kier alpha value is -2.11. The molecule has 0 aliphatic carbocycles. The Balaban J connectivity index is 1.97. The molecule has 1 aliphatic heterocycles. The van der Waals surface area contributed by atoms with Crippen LogP contribution in [0, 0.1) is 35.7 Å². The first-order chi connectivity index (χ1) is 12.9. The molecule has 0 bridgehead atoms. The van der Waals surface area contributed by atoms with Crippen LogP contribution in [0.25, 0.3) is 11.8 Å². The lowest BCUT2D eigenvalue weighted by Crippen LogP contribution is -2.41. The molecule has 1 amide bonds. The molecule has 0 spiro atoms. The molecule has 0 atom stereocenters. The summed E-state index contributed by atoms with van der Waals surface area (Å²) in [4.78, 5) is 14.3. The van der Waals surface area contributed by atoms with Gasteiger partial charge in [0.05, 0.1) is 13.2 Å². The number of nitrogens with zero attached hydrogens (tertiary/aromatic N) is 3. The van der Waals surface area contributed by atoms with Crippen LogP contribution in [0.3, 0.4) is 0 Å². The highest BCUT2D eigenvalue weighted by molar-refractivity contribution is 14.1. The molecule has 2 aromatic rings. The molecule has 1 aliphatic rings. The van der Waals surface area contributed by atoms with E-state index < -0.39 is 0 Å². The number of morpholine rings is 1. The summed E-state index contributed by atoms with van der Waals surface area (Å²) in [6, 6.07) is 10.4. The minimum absolute atomic E-state index is 0.163. The number of carbonyl (C=O) groups is 1. The highest BCUT2D eigenvalue weighted by atomic mass is 127. The predicted octanol–water partition coefficient (Wildman–Crippen LogP) is 3.77. The average Bonchev–Trinajstić information content (AvgIpc) is 2.95. The van der Waals surface area contributed by atoms with Crippen LogP contribution in [0.5, 0.6) is 0 Å². The second-order valence-corrected chi connectivity index (χ2v) is 7.83. The first-order valence-electron chi connectivity index (χ1n) is 8.86. The molecule has 27 heavy (non-hydrogen) atoms. The van der Waals surface area contributed by atoms with Crippen molar-refractivity contribution in [2.24, 2.45) is 0 Å². The molecule has 1 saturated heterocycles. The van der Waals surface area contributed by atoms with E-state index in [9.17, 15) is 10.1 Å². The van der Waals surface area contributed by atoms with Crippen molar-refractivity contribution in [1.82, 2.24) is 9.47 Å². The van der Waals surface area contributed by atoms with Crippen LogP contribution in [0.2, 0.25) is 0 Å². The summed E-state index contributed by atoms with van der Waals surface area (Å²) >= 11 is 2.33. The molecular formula is C21H22IN3O2. The molecule has 140 valence electrons. The molecule has 0 saturated carbocycles. The molecule has 1 aromatic carbocycles. The maximum Gasteiger partial charge on any atom is 0.264 e. The van der Waals surface area contributed by atoms with Gasteiger partial charge < -0.3 is 14.2 Å². The van der Waals surface area contributed by atoms with Crippen molar-refractivity contribution in [2.45, 2.75) is 20.8 Å². The van der Waals surface area contributed by atoms with E-state index in [1.807, 2.05) is 19.9 Å². The largest absolute Gasteiger partial charge is 0.378 e. The summed E-state index contributed by atoms with van der Waals surface area (Å²) in [5.74, 6) is -0.226. The molecule has 0 N–H and O–H groups in total. The van der Waals surface area contributed by atoms with Gasteiger partial charge in [0.15, 0.2) is 0 Å². The molecule has 2 heterocycles. The number of nitriles is 1. The third-order valence-corrected chi connectivity index (χ3v) is 6.03. The topological polar surface area (TPSA) is 58.3 Å². The fourth-order valence-electron chi connectivity index (χ4n) is 3.33. The summed E-state index contributed by atoms with van der Waals surface area (Å²) in [7, 11) is 0. The van der Waals surface area contributed by atoms with Crippen molar-refractivity contribution in [1.29, 1.82) is 5.26 Å². The van der Waals surface area contributed by atoms with E-state index in [-0.39, 0.29) is 11.5 Å². The second-order valence-electron chi connectivity index (χ2n) is 6.67. The first kappa shape index (κ1) is 19.6. The predicted molar refractivity (Wildman–Crippen MR) is 114 cm³/mol. The van der Waals surface area contributed by atoms with Gasteiger partial charge in [-0.2, -0.15) is 5.26 Å². The zero-order chi connectivity index (χ0) is 19.6. The van der Waals surface area contributed by atoms with Gasteiger partial charge in [-0.05, 0) is 84.8 Å². The zero-order valence-electron chi connectivity index (χ0n) is 15.8. The van der Waals surface area contributed by atoms with Gasteiger partial charge in [0.1, 0.15) is 11.6 Å². The molecule has 5 nitrogen and oxygen atoms in total. The van der Waals surface area contributed by atoms with Crippen LogP contribution in [-0.4, -0.2) is 41.7 Å². The highest BCUT2D eigenvalue weighted by Crippen LogP contribution is 2.25. The number of halogens is 1. The number of aromatic nitrogens is 1. The van der Waals surface area contributed by atoms with Gasteiger partial charge in [0.25, 0.3) is 5.91 Å². The zero-order valence-corrected chi connectivity index (χ0v) is 17.9. The standard InChI is InChI=1S/C21H22IN3O2/c1-14-10-19(4-5-20(14)22)25-15(2)11-17(16(25)3)12-18(13-23)21(26)24-6-8-27-9-7-24/h4-5,10-12H,6-9H2,1-3H3/b18-12-. The van der Waals surface area contributed by atoms with Crippen LogP contribution in [0.1, 0.15) is 22.5 Å². The Morgan fingerprint density at radius 3 is 2.56 bits per heavy atom. The summed E-state index contributed by atoms with van der Waals surface area (Å²) in [6.07, 6.45) is 1.70. The van der Waals surface area contributed by atoms with Crippen molar-refractivity contribution in [3.05, 3.63) is 55.9 Å². The van der Waals surface area contributed by atoms with Gasteiger partial charge in [-0.1, -0.05) is 0 Å². The summed E-state index contributed by atoms with van der Waals surface area (Å²) in [5.41, 5.74) is 5.43. The van der Waals surface area contributed by atoms with Crippen molar-refractivity contribution in [3.63, 3.8) is 0 Å². The van der Waals surface area contributed by atoms with E-state index >= 15 is 0 Å². The van der Waals surface area contributed by atoms with Crippen LogP contribution in [0.4, 0.5) is 0 Å². The van der Waals surface area contributed by atoms with Gasteiger partial charge in [0.2, 0.25) is 0 Å². The lowest BCUT2D eigenvalue weighted by Gasteiger charge is -2.26. The monoisotopic (exact) mass is 475 g/mol. The van der Waals surface area contributed by atoms with Crippen molar-refractivity contribution >= 4 is 34.6 Å².